The maximum absolute atomic E-state index is 12.1. The van der Waals surface area contributed by atoms with Gasteiger partial charge in [-0.1, -0.05) is 37.0 Å². The van der Waals surface area contributed by atoms with E-state index in [2.05, 4.69) is 29.7 Å². The summed E-state index contributed by atoms with van der Waals surface area (Å²) in [7, 11) is 1.72. The fourth-order valence-electron chi connectivity index (χ4n) is 2.85. The van der Waals surface area contributed by atoms with Gasteiger partial charge in [-0.05, 0) is 37.8 Å². The molecule has 0 bridgehead atoms. The third-order valence-corrected chi connectivity index (χ3v) is 4.02. The van der Waals surface area contributed by atoms with Crippen LogP contribution in [0.5, 0.6) is 0 Å². The Kier molecular flexibility index (Phi) is 4.83. The second-order valence-electron chi connectivity index (χ2n) is 5.50. The molecule has 3 heteroatoms. The first-order valence-electron chi connectivity index (χ1n) is 7.25. The number of carbonyl (C=O) groups excluding carboxylic acids is 1. The van der Waals surface area contributed by atoms with Crippen molar-refractivity contribution in [3.63, 3.8) is 0 Å². The van der Waals surface area contributed by atoms with E-state index in [1.54, 1.807) is 7.05 Å². The lowest BCUT2D eigenvalue weighted by atomic mass is 9.83. The minimum Gasteiger partial charge on any atom is -0.373 e. The van der Waals surface area contributed by atoms with Crippen LogP contribution in [0.1, 0.15) is 37.7 Å². The first kappa shape index (κ1) is 13.9. The predicted octanol–water partition coefficient (Wildman–Crippen LogP) is 3.10. The molecule has 1 aromatic rings. The zero-order valence-electron chi connectivity index (χ0n) is 11.9. The Morgan fingerprint density at radius 1 is 1.16 bits per heavy atom. The average molecular weight is 260 g/mol. The summed E-state index contributed by atoms with van der Waals surface area (Å²) in [6.45, 7) is 2.07. The molecule has 1 unspecified atom stereocenters. The Morgan fingerprint density at radius 3 is 2.37 bits per heavy atom. The third-order valence-electron chi connectivity index (χ3n) is 4.02. The maximum Gasteiger partial charge on any atom is 0.242 e. The van der Waals surface area contributed by atoms with Gasteiger partial charge in [0.15, 0.2) is 0 Å². The number of likely N-dealkylation sites (N-methyl/N-ethyl adjacent to an activating group) is 1. The van der Waals surface area contributed by atoms with Gasteiger partial charge in [0.25, 0.3) is 0 Å². The molecular weight excluding hydrogens is 236 g/mol. The van der Waals surface area contributed by atoms with Crippen molar-refractivity contribution in [3.05, 3.63) is 29.8 Å². The highest BCUT2D eigenvalue weighted by Crippen LogP contribution is 2.28. The standard InChI is InChI=1S/C16H24N2O/c1-12-8-10-14(11-9-12)18-15(16(19)17-2)13-6-4-3-5-7-13/h8-11,13,15,18H,3-7H2,1-2H3,(H,17,19). The van der Waals surface area contributed by atoms with Crippen LogP contribution in [0.3, 0.4) is 0 Å². The van der Waals surface area contributed by atoms with Crippen LogP contribution in [0, 0.1) is 12.8 Å². The van der Waals surface area contributed by atoms with Crippen LogP contribution in [0.25, 0.3) is 0 Å². The minimum atomic E-state index is -0.104. The predicted molar refractivity (Wildman–Crippen MR) is 79.2 cm³/mol. The molecule has 0 aromatic heterocycles. The summed E-state index contributed by atoms with van der Waals surface area (Å²) in [5, 5.41) is 6.21. The molecule has 19 heavy (non-hydrogen) atoms. The van der Waals surface area contributed by atoms with Crippen LogP contribution in [0.2, 0.25) is 0 Å². The largest absolute Gasteiger partial charge is 0.373 e. The number of rotatable bonds is 4. The molecule has 2 N–H and O–H groups in total. The van der Waals surface area contributed by atoms with Gasteiger partial charge >= 0.3 is 0 Å². The van der Waals surface area contributed by atoms with Crippen molar-refractivity contribution in [2.45, 2.75) is 45.1 Å². The lowest BCUT2D eigenvalue weighted by Gasteiger charge is -2.30. The quantitative estimate of drug-likeness (QED) is 0.873. The molecule has 1 aromatic carbocycles. The van der Waals surface area contributed by atoms with Crippen LogP contribution < -0.4 is 10.6 Å². The molecule has 3 nitrogen and oxygen atoms in total. The number of hydrogen-bond donors (Lipinski definition) is 2. The van der Waals surface area contributed by atoms with Crippen molar-refractivity contribution in [1.82, 2.24) is 5.32 Å². The van der Waals surface area contributed by atoms with Crippen molar-refractivity contribution < 1.29 is 4.79 Å². The summed E-state index contributed by atoms with van der Waals surface area (Å²) in [6.07, 6.45) is 6.09. The Balaban J connectivity index is 2.08. The van der Waals surface area contributed by atoms with Crippen molar-refractivity contribution >= 4 is 11.6 Å². The maximum atomic E-state index is 12.1. The Bertz CT molecular complexity index is 407. The molecule has 1 aliphatic rings. The molecule has 0 spiro atoms. The monoisotopic (exact) mass is 260 g/mol. The van der Waals surface area contributed by atoms with Gasteiger partial charge in [0, 0.05) is 12.7 Å². The van der Waals surface area contributed by atoms with E-state index in [0.29, 0.717) is 5.92 Å². The van der Waals surface area contributed by atoms with E-state index in [9.17, 15) is 4.79 Å². The van der Waals surface area contributed by atoms with E-state index >= 15 is 0 Å². The first-order chi connectivity index (χ1) is 9.20. The van der Waals surface area contributed by atoms with Gasteiger partial charge in [-0.25, -0.2) is 0 Å². The molecule has 0 saturated heterocycles. The zero-order valence-corrected chi connectivity index (χ0v) is 11.9. The number of aryl methyl sites for hydroxylation is 1. The van der Waals surface area contributed by atoms with Crippen molar-refractivity contribution in [3.8, 4) is 0 Å². The van der Waals surface area contributed by atoms with E-state index in [1.165, 1.54) is 24.8 Å². The molecule has 1 saturated carbocycles. The van der Waals surface area contributed by atoms with Crippen LogP contribution in [0.4, 0.5) is 5.69 Å². The molecule has 0 radical (unpaired) electrons. The Morgan fingerprint density at radius 2 is 1.79 bits per heavy atom. The Hall–Kier alpha value is -1.51. The number of benzene rings is 1. The van der Waals surface area contributed by atoms with E-state index in [0.717, 1.165) is 18.5 Å². The summed E-state index contributed by atoms with van der Waals surface area (Å²) >= 11 is 0. The SMILES string of the molecule is CNC(=O)C(Nc1ccc(C)cc1)C1CCCCC1. The smallest absolute Gasteiger partial charge is 0.242 e. The summed E-state index contributed by atoms with van der Waals surface area (Å²) in [4.78, 5) is 12.1. The summed E-state index contributed by atoms with van der Waals surface area (Å²) in [5.74, 6) is 0.558. The second-order valence-corrected chi connectivity index (χ2v) is 5.50. The van der Waals surface area contributed by atoms with E-state index in [1.807, 2.05) is 12.1 Å². The van der Waals surface area contributed by atoms with Gasteiger partial charge in [0.1, 0.15) is 6.04 Å². The number of anilines is 1. The number of hydrogen-bond acceptors (Lipinski definition) is 2. The summed E-state index contributed by atoms with van der Waals surface area (Å²) in [6, 6.07) is 8.14. The number of carbonyl (C=O) groups is 1. The van der Waals surface area contributed by atoms with Crippen LogP contribution in [0.15, 0.2) is 24.3 Å². The normalized spacial score (nSPS) is 17.8. The molecular formula is C16H24N2O. The molecule has 1 amide bonds. The van der Waals surface area contributed by atoms with Crippen LogP contribution in [-0.2, 0) is 4.79 Å². The molecule has 1 fully saturated rings. The van der Waals surface area contributed by atoms with Crippen LogP contribution in [-0.4, -0.2) is 19.0 Å². The van der Waals surface area contributed by atoms with E-state index in [-0.39, 0.29) is 11.9 Å². The minimum absolute atomic E-state index is 0.104. The van der Waals surface area contributed by atoms with Gasteiger partial charge in [-0.3, -0.25) is 4.79 Å². The van der Waals surface area contributed by atoms with Crippen molar-refractivity contribution in [2.75, 3.05) is 12.4 Å². The van der Waals surface area contributed by atoms with E-state index in [4.69, 9.17) is 0 Å². The van der Waals surface area contributed by atoms with Gasteiger partial charge in [0.05, 0.1) is 0 Å². The highest BCUT2D eigenvalue weighted by molar-refractivity contribution is 5.84. The van der Waals surface area contributed by atoms with E-state index < -0.39 is 0 Å². The van der Waals surface area contributed by atoms with Crippen molar-refractivity contribution in [2.24, 2.45) is 5.92 Å². The van der Waals surface area contributed by atoms with Crippen LogP contribution >= 0.6 is 0 Å². The first-order valence-corrected chi connectivity index (χ1v) is 7.25. The molecule has 0 aliphatic heterocycles. The van der Waals surface area contributed by atoms with Gasteiger partial charge in [0.2, 0.25) is 5.91 Å². The van der Waals surface area contributed by atoms with Gasteiger partial charge in [-0.15, -0.1) is 0 Å². The highest BCUT2D eigenvalue weighted by Gasteiger charge is 2.28. The number of nitrogens with one attached hydrogen (secondary N) is 2. The molecule has 1 atom stereocenters. The summed E-state index contributed by atoms with van der Waals surface area (Å²) in [5.41, 5.74) is 2.27. The second kappa shape index (κ2) is 6.60. The molecule has 1 aliphatic carbocycles. The Labute approximate surface area is 115 Å². The topological polar surface area (TPSA) is 41.1 Å². The fraction of sp³-hybridized carbons (Fsp3) is 0.562. The van der Waals surface area contributed by atoms with Gasteiger partial charge in [-0.2, -0.15) is 0 Å². The summed E-state index contributed by atoms with van der Waals surface area (Å²) < 4.78 is 0. The van der Waals surface area contributed by atoms with Gasteiger partial charge < -0.3 is 10.6 Å². The van der Waals surface area contributed by atoms with Crippen molar-refractivity contribution in [1.29, 1.82) is 0 Å². The molecule has 2 rings (SSSR count). The third kappa shape index (κ3) is 3.72. The molecule has 104 valence electrons. The fourth-order valence-corrected chi connectivity index (χ4v) is 2.85. The highest BCUT2D eigenvalue weighted by atomic mass is 16.2. The number of amides is 1. The lowest BCUT2D eigenvalue weighted by molar-refractivity contribution is -0.122. The lowest BCUT2D eigenvalue weighted by Crippen LogP contribution is -2.43. The average Bonchev–Trinajstić information content (AvgIpc) is 2.47. The zero-order chi connectivity index (χ0) is 13.7. The molecule has 0 heterocycles.